The second kappa shape index (κ2) is 12.8. The van der Waals surface area contributed by atoms with E-state index in [1.165, 1.54) is 23.0 Å². The smallest absolute Gasteiger partial charge is 0.0979 e. The molecular weight excluding hydrogens is 529 g/mol. The van der Waals surface area contributed by atoms with E-state index in [0.29, 0.717) is 7.83 Å². The minimum Gasteiger partial charge on any atom is -0.168 e. The molecule has 24 heavy (non-hydrogen) atoms. The first-order valence-electron chi connectivity index (χ1n) is 7.31. The maximum absolute atomic E-state index is 4.38. The van der Waals surface area contributed by atoms with E-state index in [1.807, 2.05) is 23.5 Å². The van der Waals surface area contributed by atoms with Gasteiger partial charge in [-0.15, -0.1) is 118 Å². The summed E-state index contributed by atoms with van der Waals surface area (Å²) in [4.78, 5) is 0. The molecule has 0 nitrogen and oxygen atoms in total. The van der Waals surface area contributed by atoms with Crippen molar-refractivity contribution >= 4 is 143 Å². The topological polar surface area (TPSA) is 0 Å². The fourth-order valence-electron chi connectivity index (χ4n) is 2.12. The van der Waals surface area contributed by atoms with E-state index < -0.39 is 0 Å². The Balaban J connectivity index is 1.50. The molecule has 12 heteroatoms. The van der Waals surface area contributed by atoms with Gasteiger partial charge in [-0.2, -0.15) is 25.3 Å². The summed E-state index contributed by atoms with van der Waals surface area (Å²) in [5, 5.41) is 1.89. The number of rotatable bonds is 9. The second-order valence-corrected chi connectivity index (χ2v) is 21.5. The maximum Gasteiger partial charge on any atom is 0.0979 e. The minimum absolute atomic E-state index is 0.709. The molecule has 3 rings (SSSR count). The van der Waals surface area contributed by atoms with E-state index in [1.54, 1.807) is 0 Å². The zero-order chi connectivity index (χ0) is 16.8. The average Bonchev–Trinajstić information content (AvgIpc) is 3.30. The van der Waals surface area contributed by atoms with E-state index in [-0.39, 0.29) is 0 Å². The molecule has 140 valence electrons. The van der Waals surface area contributed by atoms with Crippen LogP contribution < -0.4 is 0 Å². The van der Waals surface area contributed by atoms with Gasteiger partial charge in [0.2, 0.25) is 0 Å². The average molecular weight is 549 g/mol. The SMILES string of the molecule is SCSC1CSC(SC(SC2SCC(SCS)S2)C2SCCS2)S1. The Kier molecular flexibility index (Phi) is 12.2. The van der Waals surface area contributed by atoms with Crippen molar-refractivity contribution in [2.24, 2.45) is 0 Å². The Morgan fingerprint density at radius 1 is 0.792 bits per heavy atom. The predicted octanol–water partition coefficient (Wildman–Crippen LogP) is 7.01. The molecule has 0 bridgehead atoms. The highest BCUT2D eigenvalue weighted by atomic mass is 32.3. The lowest BCUT2D eigenvalue weighted by atomic mass is 10.9. The Labute approximate surface area is 199 Å². The fourth-order valence-corrected chi connectivity index (χ4v) is 22.6. The van der Waals surface area contributed by atoms with Crippen molar-refractivity contribution in [2.45, 2.75) is 26.2 Å². The molecule has 0 aliphatic carbocycles. The van der Waals surface area contributed by atoms with E-state index in [0.717, 1.165) is 28.5 Å². The zero-order valence-corrected chi connectivity index (χ0v) is 22.6. The lowest BCUT2D eigenvalue weighted by molar-refractivity contribution is 1.37. The highest BCUT2D eigenvalue weighted by molar-refractivity contribution is 8.44. The second-order valence-electron chi connectivity index (χ2n) is 4.72. The van der Waals surface area contributed by atoms with Crippen LogP contribution in [0.5, 0.6) is 0 Å². The van der Waals surface area contributed by atoms with Crippen molar-refractivity contribution in [3.05, 3.63) is 0 Å². The molecule has 3 aliphatic rings. The number of hydrogen-bond donors (Lipinski definition) is 2. The van der Waals surface area contributed by atoms with E-state index in [4.69, 9.17) is 0 Å². The first kappa shape index (κ1) is 22.9. The molecule has 0 N–H and O–H groups in total. The molecule has 0 aromatic heterocycles. The molecule has 0 aromatic carbocycles. The molecule has 3 heterocycles. The summed E-state index contributed by atoms with van der Waals surface area (Å²) in [5.41, 5.74) is 0. The minimum atomic E-state index is 0.709. The molecule has 0 aromatic rings. The largest absolute Gasteiger partial charge is 0.168 e. The van der Waals surface area contributed by atoms with Gasteiger partial charge in [-0.25, -0.2) is 0 Å². The van der Waals surface area contributed by atoms with Gasteiger partial charge in [-0.05, 0) is 0 Å². The maximum atomic E-state index is 4.38. The zero-order valence-electron chi connectivity index (χ0n) is 12.7. The standard InChI is InChI=1S/C12H20S12/c13-5-19-7-3-17-11(21-7)23-10(9-15-1-2-16-9)24-12-18-4-8(22-12)20-6-14/h7-14H,1-6H2. The highest BCUT2D eigenvalue weighted by Crippen LogP contribution is 2.58. The number of thiol groups is 2. The molecule has 3 aliphatic heterocycles. The van der Waals surface area contributed by atoms with Crippen LogP contribution in [0.25, 0.3) is 0 Å². The Bertz CT molecular complexity index is 338. The van der Waals surface area contributed by atoms with Crippen LogP contribution in [0.3, 0.4) is 0 Å². The first-order chi connectivity index (χ1) is 11.8. The predicted molar refractivity (Wildman–Crippen MR) is 146 cm³/mol. The summed E-state index contributed by atoms with van der Waals surface area (Å²) in [6.07, 6.45) is 0. The molecule has 4 unspecified atom stereocenters. The van der Waals surface area contributed by atoms with Gasteiger partial charge < -0.3 is 0 Å². The van der Waals surface area contributed by atoms with Crippen LogP contribution in [0.1, 0.15) is 0 Å². The van der Waals surface area contributed by atoms with Crippen LogP contribution in [0, 0.1) is 0 Å². The van der Waals surface area contributed by atoms with Crippen molar-refractivity contribution in [1.29, 1.82) is 0 Å². The molecule has 0 amide bonds. The lowest BCUT2D eigenvalue weighted by Crippen LogP contribution is -2.15. The Morgan fingerprint density at radius 3 is 1.75 bits per heavy atom. The van der Waals surface area contributed by atoms with Crippen molar-refractivity contribution < 1.29 is 0 Å². The molecule has 3 fully saturated rings. The van der Waals surface area contributed by atoms with Gasteiger partial charge in [0, 0.05) is 33.2 Å². The van der Waals surface area contributed by atoms with Crippen LogP contribution in [-0.2, 0) is 0 Å². The normalized spacial score (nSPS) is 35.8. The monoisotopic (exact) mass is 548 g/mol. The third kappa shape index (κ3) is 7.47. The summed E-state index contributed by atoms with van der Waals surface area (Å²) >= 11 is 30.3. The Hall–Kier alpha value is 4.20. The van der Waals surface area contributed by atoms with Crippen molar-refractivity contribution in [2.75, 3.05) is 33.2 Å². The summed E-state index contributed by atoms with van der Waals surface area (Å²) in [6.45, 7) is 0. The third-order valence-corrected chi connectivity index (χ3v) is 21.1. The highest BCUT2D eigenvalue weighted by Gasteiger charge is 2.37. The van der Waals surface area contributed by atoms with Gasteiger partial charge in [-0.3, -0.25) is 0 Å². The molecule has 4 atom stereocenters. The molecule has 0 radical (unpaired) electrons. The quantitative estimate of drug-likeness (QED) is 0.227. The van der Waals surface area contributed by atoms with Crippen LogP contribution in [0.4, 0.5) is 0 Å². The van der Waals surface area contributed by atoms with E-state index in [9.17, 15) is 0 Å². The van der Waals surface area contributed by atoms with Crippen LogP contribution in [0.15, 0.2) is 0 Å². The summed E-state index contributed by atoms with van der Waals surface area (Å²) in [6, 6.07) is 0. The fraction of sp³-hybridized carbons (Fsp3) is 1.00. The van der Waals surface area contributed by atoms with Crippen molar-refractivity contribution in [3.63, 3.8) is 0 Å². The molecule has 3 saturated heterocycles. The van der Waals surface area contributed by atoms with Crippen LogP contribution in [-0.4, -0.2) is 59.3 Å². The van der Waals surface area contributed by atoms with E-state index >= 15 is 0 Å². The molecular formula is C12H20S12. The van der Waals surface area contributed by atoms with Crippen LogP contribution >= 0.6 is 143 Å². The summed E-state index contributed by atoms with van der Waals surface area (Å²) in [5.74, 6) is 5.23. The lowest BCUT2D eigenvalue weighted by Gasteiger charge is -2.26. The third-order valence-electron chi connectivity index (χ3n) is 3.14. The van der Waals surface area contributed by atoms with Crippen LogP contribution in [0.2, 0.25) is 0 Å². The van der Waals surface area contributed by atoms with Gasteiger partial charge in [0.15, 0.2) is 0 Å². The van der Waals surface area contributed by atoms with Gasteiger partial charge in [0.25, 0.3) is 0 Å². The first-order valence-corrected chi connectivity index (χ1v) is 18.6. The van der Waals surface area contributed by atoms with Gasteiger partial charge in [0.05, 0.1) is 26.2 Å². The molecule has 0 saturated carbocycles. The van der Waals surface area contributed by atoms with Gasteiger partial charge in [-0.1, -0.05) is 0 Å². The van der Waals surface area contributed by atoms with Crippen molar-refractivity contribution in [1.82, 2.24) is 0 Å². The Morgan fingerprint density at radius 2 is 1.29 bits per heavy atom. The molecule has 0 spiro atoms. The van der Waals surface area contributed by atoms with Crippen molar-refractivity contribution in [3.8, 4) is 0 Å². The van der Waals surface area contributed by atoms with Gasteiger partial charge >= 0.3 is 0 Å². The van der Waals surface area contributed by atoms with Gasteiger partial charge in [0.1, 0.15) is 0 Å². The number of hydrogen-bond acceptors (Lipinski definition) is 12. The van der Waals surface area contributed by atoms with E-state index in [2.05, 4.69) is 119 Å². The number of thioether (sulfide) groups is 10. The summed E-state index contributed by atoms with van der Waals surface area (Å²) in [7, 11) is 0. The summed E-state index contributed by atoms with van der Waals surface area (Å²) < 4.78 is 4.39.